The molecule has 2 amide bonds. The summed E-state index contributed by atoms with van der Waals surface area (Å²) in [4.78, 5) is 25.8. The number of hydrazine groups is 1. The minimum Gasteiger partial charge on any atom is -0.504 e. The Bertz CT molecular complexity index is 983. The summed E-state index contributed by atoms with van der Waals surface area (Å²) in [5.74, 6) is -0.480. The second kappa shape index (κ2) is 8.59. The predicted octanol–water partition coefficient (Wildman–Crippen LogP) is 3.74. The van der Waals surface area contributed by atoms with Gasteiger partial charge in [-0.25, -0.2) is 0 Å². The fraction of sp³-hybridized carbons (Fsp3) is 0.105. The van der Waals surface area contributed by atoms with Gasteiger partial charge in [0.15, 0.2) is 15.8 Å². The van der Waals surface area contributed by atoms with Crippen molar-refractivity contribution in [3.63, 3.8) is 0 Å². The Kier molecular flexibility index (Phi) is 6.18. The largest absolute Gasteiger partial charge is 0.504 e. The van der Waals surface area contributed by atoms with Crippen molar-refractivity contribution in [3.05, 3.63) is 63.2 Å². The quantitative estimate of drug-likeness (QED) is 0.411. The molecule has 1 fully saturated rings. The fourth-order valence-corrected chi connectivity index (χ4v) is 4.31. The first-order valence-electron chi connectivity index (χ1n) is 8.07. The number of nitrogens with zero attached hydrogens (tertiary/aromatic N) is 1. The van der Waals surface area contributed by atoms with Crippen molar-refractivity contribution < 1.29 is 19.4 Å². The number of hydrogen-bond donors (Lipinski definition) is 2. The van der Waals surface area contributed by atoms with E-state index in [-0.39, 0.29) is 10.1 Å². The molecular weight excluding hydrogens is 416 g/mol. The maximum Gasteiger partial charge on any atom is 0.285 e. The number of amides is 2. The number of ether oxygens (including phenoxy) is 1. The molecule has 1 aromatic heterocycles. The third-order valence-corrected chi connectivity index (χ3v) is 5.98. The number of thiophene rings is 1. The van der Waals surface area contributed by atoms with Crippen LogP contribution < -0.4 is 10.2 Å². The Hall–Kier alpha value is -2.62. The lowest BCUT2D eigenvalue weighted by Gasteiger charge is -2.14. The van der Waals surface area contributed by atoms with Crippen LogP contribution in [0.1, 0.15) is 20.8 Å². The van der Waals surface area contributed by atoms with E-state index in [9.17, 15) is 14.7 Å². The lowest BCUT2D eigenvalue weighted by molar-refractivity contribution is -0.123. The maximum absolute atomic E-state index is 12.7. The molecule has 1 aliphatic rings. The third kappa shape index (κ3) is 4.11. The van der Waals surface area contributed by atoms with Crippen molar-refractivity contribution in [3.8, 4) is 11.5 Å². The number of hydrogen-bond acceptors (Lipinski definition) is 7. The molecular formula is C19H16N2O4S3. The molecule has 3 rings (SSSR count). The summed E-state index contributed by atoms with van der Waals surface area (Å²) in [5, 5.41) is 13.0. The summed E-state index contributed by atoms with van der Waals surface area (Å²) < 4.78 is 5.44. The van der Waals surface area contributed by atoms with Crippen LogP contribution in [0.2, 0.25) is 0 Å². The number of allylic oxidation sites excluding steroid dienone is 1. The summed E-state index contributed by atoms with van der Waals surface area (Å²) in [7, 11) is 1.45. The maximum atomic E-state index is 12.7. The molecule has 0 spiro atoms. The normalized spacial score (nSPS) is 15.2. The second-order valence-corrected chi connectivity index (χ2v) is 8.28. The number of benzene rings is 1. The van der Waals surface area contributed by atoms with Crippen molar-refractivity contribution in [2.24, 2.45) is 0 Å². The summed E-state index contributed by atoms with van der Waals surface area (Å²) in [5.41, 5.74) is 3.82. The van der Waals surface area contributed by atoms with Crippen LogP contribution in [0.3, 0.4) is 0 Å². The lowest BCUT2D eigenvalue weighted by Crippen LogP contribution is -2.44. The molecule has 2 heterocycles. The van der Waals surface area contributed by atoms with Crippen molar-refractivity contribution >= 4 is 57.5 Å². The SMILES string of the molecule is C=CCc1cc(/C=C2\SC(=S)N(NC(=O)c3cccs3)C2=O)cc(OC)c1O. The number of thiocarbonyl (C=S) groups is 1. The van der Waals surface area contributed by atoms with Gasteiger partial charge in [0.1, 0.15) is 0 Å². The highest BCUT2D eigenvalue weighted by atomic mass is 32.2. The van der Waals surface area contributed by atoms with Gasteiger partial charge in [0.2, 0.25) is 0 Å². The Morgan fingerprint density at radius 1 is 1.46 bits per heavy atom. The molecule has 0 unspecified atom stereocenters. The number of phenolic OH excluding ortho intramolecular Hbond substituents is 1. The van der Waals surface area contributed by atoms with Crippen molar-refractivity contribution in [1.29, 1.82) is 0 Å². The molecule has 0 atom stereocenters. The van der Waals surface area contributed by atoms with Crippen molar-refractivity contribution in [2.45, 2.75) is 6.42 Å². The second-order valence-electron chi connectivity index (χ2n) is 5.66. The molecule has 0 bridgehead atoms. The van der Waals surface area contributed by atoms with Gasteiger partial charge < -0.3 is 9.84 Å². The zero-order chi connectivity index (χ0) is 20.3. The number of aromatic hydroxyl groups is 1. The number of carbonyl (C=O) groups is 2. The Morgan fingerprint density at radius 2 is 2.25 bits per heavy atom. The standard InChI is InChI=1S/C19H16N2O4S3/c1-3-5-12-8-11(9-13(25-2)16(12)22)10-15-18(24)21(19(26)28-15)20-17(23)14-6-4-7-27-14/h3-4,6-10,22H,1,5H2,2H3,(H,20,23)/b15-10-. The van der Waals surface area contributed by atoms with Gasteiger partial charge >= 0.3 is 0 Å². The van der Waals surface area contributed by atoms with E-state index in [1.807, 2.05) is 0 Å². The van der Waals surface area contributed by atoms with Gasteiger partial charge in [-0.2, -0.15) is 5.01 Å². The number of phenols is 1. The van der Waals surface area contributed by atoms with Gasteiger partial charge in [0.25, 0.3) is 11.8 Å². The molecule has 1 saturated heterocycles. The van der Waals surface area contributed by atoms with E-state index in [1.54, 1.807) is 41.8 Å². The zero-order valence-corrected chi connectivity index (χ0v) is 17.2. The van der Waals surface area contributed by atoms with Crippen molar-refractivity contribution in [2.75, 3.05) is 7.11 Å². The van der Waals surface area contributed by atoms with E-state index < -0.39 is 11.8 Å². The Balaban J connectivity index is 1.86. The highest BCUT2D eigenvalue weighted by Crippen LogP contribution is 2.36. The number of methoxy groups -OCH3 is 1. The van der Waals surface area contributed by atoms with Crippen LogP contribution in [0.25, 0.3) is 6.08 Å². The fourth-order valence-electron chi connectivity index (χ4n) is 2.52. The average molecular weight is 433 g/mol. The van der Waals surface area contributed by atoms with E-state index in [4.69, 9.17) is 17.0 Å². The summed E-state index contributed by atoms with van der Waals surface area (Å²) in [6, 6.07) is 6.79. The predicted molar refractivity (Wildman–Crippen MR) is 115 cm³/mol. The third-order valence-electron chi connectivity index (χ3n) is 3.81. The van der Waals surface area contributed by atoms with Crippen LogP contribution in [0.5, 0.6) is 11.5 Å². The van der Waals surface area contributed by atoms with Crippen LogP contribution in [-0.4, -0.2) is 33.4 Å². The zero-order valence-electron chi connectivity index (χ0n) is 14.8. The van der Waals surface area contributed by atoms with E-state index in [1.165, 1.54) is 18.4 Å². The van der Waals surface area contributed by atoms with Crippen LogP contribution >= 0.6 is 35.3 Å². The minimum atomic E-state index is -0.419. The van der Waals surface area contributed by atoms with Crippen LogP contribution in [0.15, 0.2) is 47.2 Å². The summed E-state index contributed by atoms with van der Waals surface area (Å²) in [6.07, 6.45) is 3.75. The smallest absolute Gasteiger partial charge is 0.285 e. The van der Waals surface area contributed by atoms with Gasteiger partial charge in [0, 0.05) is 5.56 Å². The van der Waals surface area contributed by atoms with E-state index in [0.29, 0.717) is 33.1 Å². The monoisotopic (exact) mass is 432 g/mol. The molecule has 0 saturated carbocycles. The number of carbonyl (C=O) groups excluding carboxylic acids is 2. The minimum absolute atomic E-state index is 0.0373. The topological polar surface area (TPSA) is 78.9 Å². The Labute approximate surface area is 175 Å². The number of thioether (sulfide) groups is 1. The molecule has 1 aliphatic heterocycles. The molecule has 28 heavy (non-hydrogen) atoms. The highest BCUT2D eigenvalue weighted by Gasteiger charge is 2.34. The molecule has 144 valence electrons. The van der Waals surface area contributed by atoms with Crippen molar-refractivity contribution in [1.82, 2.24) is 10.4 Å². The van der Waals surface area contributed by atoms with Gasteiger partial charge in [-0.15, -0.1) is 17.9 Å². The molecule has 2 aromatic rings. The number of nitrogens with one attached hydrogen (secondary N) is 1. The van der Waals surface area contributed by atoms with Crippen LogP contribution in [-0.2, 0) is 11.2 Å². The van der Waals surface area contributed by atoms with Crippen LogP contribution in [0, 0.1) is 0 Å². The van der Waals surface area contributed by atoms with E-state index >= 15 is 0 Å². The molecule has 0 radical (unpaired) electrons. The molecule has 0 aliphatic carbocycles. The first kappa shape index (κ1) is 20.1. The van der Waals surface area contributed by atoms with Gasteiger partial charge in [-0.05, 0) is 53.9 Å². The van der Waals surface area contributed by atoms with E-state index in [0.717, 1.165) is 16.8 Å². The molecule has 1 aromatic carbocycles. The van der Waals surface area contributed by atoms with Crippen LogP contribution in [0.4, 0.5) is 0 Å². The molecule has 2 N–H and O–H groups in total. The first-order valence-corrected chi connectivity index (χ1v) is 10.2. The van der Waals surface area contributed by atoms with Gasteiger partial charge in [-0.1, -0.05) is 23.9 Å². The molecule has 6 nitrogen and oxygen atoms in total. The van der Waals surface area contributed by atoms with E-state index in [2.05, 4.69) is 12.0 Å². The average Bonchev–Trinajstić information content (AvgIpc) is 3.29. The molecule has 9 heteroatoms. The number of rotatable bonds is 6. The summed E-state index contributed by atoms with van der Waals surface area (Å²) >= 11 is 7.59. The van der Waals surface area contributed by atoms with Gasteiger partial charge in [-0.3, -0.25) is 15.0 Å². The Morgan fingerprint density at radius 3 is 2.89 bits per heavy atom. The highest BCUT2D eigenvalue weighted by molar-refractivity contribution is 8.26. The summed E-state index contributed by atoms with van der Waals surface area (Å²) in [6.45, 7) is 3.68. The van der Waals surface area contributed by atoms with Gasteiger partial charge in [0.05, 0.1) is 16.9 Å². The first-order chi connectivity index (χ1) is 13.4. The lowest BCUT2D eigenvalue weighted by atomic mass is 10.1.